The summed E-state index contributed by atoms with van der Waals surface area (Å²) in [5.74, 6) is 2.81. The van der Waals surface area contributed by atoms with E-state index in [0.29, 0.717) is 17.4 Å². The molecule has 2 aromatic heterocycles. The van der Waals surface area contributed by atoms with Gasteiger partial charge in [0.15, 0.2) is 0 Å². The number of aromatic nitrogens is 2. The van der Waals surface area contributed by atoms with Gasteiger partial charge in [0.1, 0.15) is 22.9 Å². The zero-order valence-electron chi connectivity index (χ0n) is 29.4. The Balaban J connectivity index is 0.00000348. The van der Waals surface area contributed by atoms with Gasteiger partial charge in [-0.1, -0.05) is 113 Å². The van der Waals surface area contributed by atoms with Crippen LogP contribution in [0.2, 0.25) is 0 Å². The number of aliphatic imine (C=N–C) groups is 1. The fourth-order valence-electron chi connectivity index (χ4n) is 8.81. The zero-order valence-corrected chi connectivity index (χ0v) is 31.7. The third kappa shape index (κ3) is 4.03. The molecule has 3 aliphatic rings. The molecule has 6 aromatic rings. The molecule has 0 amide bonds. The van der Waals surface area contributed by atoms with Gasteiger partial charge in [0.05, 0.1) is 0 Å². The van der Waals surface area contributed by atoms with Crippen molar-refractivity contribution in [1.82, 2.24) is 9.55 Å². The van der Waals surface area contributed by atoms with Crippen LogP contribution in [0.1, 0.15) is 86.1 Å². The van der Waals surface area contributed by atoms with Crippen LogP contribution < -0.4 is 4.74 Å². The number of fused-ring (bicyclic) bond motifs is 8. The van der Waals surface area contributed by atoms with Gasteiger partial charge in [0, 0.05) is 39.6 Å². The maximum atomic E-state index is 6.89. The van der Waals surface area contributed by atoms with E-state index in [1.165, 1.54) is 38.7 Å². The fraction of sp³-hybridized carbons (Fsp3) is 0.302. The Bertz CT molecular complexity index is 2440. The van der Waals surface area contributed by atoms with E-state index in [4.69, 9.17) is 19.5 Å². The van der Waals surface area contributed by atoms with Crippen LogP contribution in [0.5, 0.6) is 11.5 Å². The molecule has 0 saturated carbocycles. The van der Waals surface area contributed by atoms with Crippen LogP contribution in [-0.2, 0) is 42.2 Å². The number of benzene rings is 4. The van der Waals surface area contributed by atoms with E-state index in [0.717, 1.165) is 33.4 Å². The average molecular weight is 825 g/mol. The molecular weight excluding hydrogens is 786 g/mol. The van der Waals surface area contributed by atoms with E-state index < -0.39 is 11.1 Å². The maximum Gasteiger partial charge on any atom is 2.00 e. The van der Waals surface area contributed by atoms with Gasteiger partial charge in [0.2, 0.25) is 0 Å². The first kappa shape index (κ1) is 32.0. The summed E-state index contributed by atoms with van der Waals surface area (Å²) < 4.78 is 15.8. The molecule has 0 unspecified atom stereocenters. The van der Waals surface area contributed by atoms with E-state index >= 15 is 0 Å². The minimum Gasteiger partial charge on any atom is -0.510 e. The zero-order chi connectivity index (χ0) is 33.5. The van der Waals surface area contributed by atoms with E-state index in [1.807, 2.05) is 18.3 Å². The third-order valence-electron chi connectivity index (χ3n) is 11.8. The van der Waals surface area contributed by atoms with Crippen LogP contribution in [0.4, 0.5) is 0 Å². The van der Waals surface area contributed by atoms with Crippen molar-refractivity contribution in [3.63, 3.8) is 0 Å². The van der Waals surface area contributed by atoms with E-state index in [-0.39, 0.29) is 31.9 Å². The number of pyridine rings is 1. The third-order valence-corrected chi connectivity index (χ3v) is 11.8. The van der Waals surface area contributed by atoms with Crippen molar-refractivity contribution in [2.75, 3.05) is 0 Å². The van der Waals surface area contributed by atoms with Crippen molar-refractivity contribution in [2.45, 2.75) is 84.3 Å². The van der Waals surface area contributed by atoms with Crippen molar-refractivity contribution in [3.05, 3.63) is 130 Å². The van der Waals surface area contributed by atoms with Gasteiger partial charge < -0.3 is 14.0 Å². The first-order valence-electron chi connectivity index (χ1n) is 16.8. The summed E-state index contributed by atoms with van der Waals surface area (Å²) in [6.45, 7) is 19.8. The number of aryl methyl sites for hydroxylation is 3. The fourth-order valence-corrected chi connectivity index (χ4v) is 8.81. The Morgan fingerprint density at radius 3 is 2.24 bits per heavy atom. The largest absolute Gasteiger partial charge is 2.00 e. The first-order chi connectivity index (χ1) is 22.7. The molecule has 2 atom stereocenters. The monoisotopic (exact) mass is 824 g/mol. The van der Waals surface area contributed by atoms with Gasteiger partial charge in [-0.25, -0.2) is 4.98 Å². The number of nitrogens with zero attached hydrogens (tertiary/aromatic N) is 3. The van der Waals surface area contributed by atoms with Gasteiger partial charge in [0.25, 0.3) is 0 Å². The normalized spacial score (nSPS) is 22.2. The van der Waals surface area contributed by atoms with Gasteiger partial charge in [-0.3, -0.25) is 4.99 Å². The van der Waals surface area contributed by atoms with Gasteiger partial charge in [-0.2, -0.15) is 6.07 Å². The van der Waals surface area contributed by atoms with Crippen molar-refractivity contribution < 1.29 is 30.5 Å². The summed E-state index contributed by atoms with van der Waals surface area (Å²) in [4.78, 5) is 10.2. The topological polar surface area (TPSA) is 48.6 Å². The SMILES string of the molecule is Cc1cc(Oc2[c-]c3c(cc2C)c2cc(C)cc4c2n3-c2ncccc2C4(C)C)[c-]c(C2=N[C@]3(C)c4ccccc4C(C)(C)[C@]3(C)O2)c1.[Pt+2]. The molecule has 4 aromatic carbocycles. The smallest absolute Gasteiger partial charge is 0.510 e. The summed E-state index contributed by atoms with van der Waals surface area (Å²) in [5, 5.41) is 2.36. The Kier molecular flexibility index (Phi) is 6.65. The van der Waals surface area contributed by atoms with Crippen molar-refractivity contribution in [3.8, 4) is 17.3 Å². The molecular formula is C43H39N3O2Pt. The molecule has 1 aliphatic carbocycles. The van der Waals surface area contributed by atoms with Crippen LogP contribution >= 0.6 is 0 Å². The summed E-state index contributed by atoms with van der Waals surface area (Å²) in [5.41, 5.74) is 9.73. The number of rotatable bonds is 3. The molecule has 0 bridgehead atoms. The predicted molar refractivity (Wildman–Crippen MR) is 192 cm³/mol. The number of hydrogen-bond donors (Lipinski definition) is 0. The molecule has 6 heteroatoms. The van der Waals surface area contributed by atoms with Gasteiger partial charge in [-0.05, 0) is 48.9 Å². The van der Waals surface area contributed by atoms with Crippen LogP contribution in [-0.4, -0.2) is 21.0 Å². The van der Waals surface area contributed by atoms with Crippen molar-refractivity contribution in [2.24, 2.45) is 4.99 Å². The van der Waals surface area contributed by atoms with E-state index in [1.54, 1.807) is 0 Å². The summed E-state index contributed by atoms with van der Waals surface area (Å²) in [6, 6.07) is 31.0. The minimum atomic E-state index is -0.554. The standard InChI is InChI=1S/C43H39N3O2.Pt/c1-24-17-27(39-45-42(8)32-14-11-10-13-31(32)41(6,7)43(42,9)48-39)22-28(18-24)47-36-23-35-29(21-26(36)3)30-19-25(2)20-34-37(30)46(35)38-33(40(34,4)5)15-12-16-44-38;/h10-21H,1-9H3;/q-2;+2/t42-,43+;/m1./s1. The Morgan fingerprint density at radius 2 is 1.47 bits per heavy atom. The summed E-state index contributed by atoms with van der Waals surface area (Å²) >= 11 is 0. The quantitative estimate of drug-likeness (QED) is 0.167. The molecule has 5 nitrogen and oxygen atoms in total. The van der Waals surface area contributed by atoms with Gasteiger partial charge in [-0.15, -0.1) is 28.6 Å². The van der Waals surface area contributed by atoms with Crippen LogP contribution in [0, 0.1) is 32.9 Å². The molecule has 0 radical (unpaired) electrons. The molecule has 0 N–H and O–H groups in total. The Hall–Kier alpha value is -4.21. The molecule has 2 aliphatic heterocycles. The molecule has 248 valence electrons. The number of ether oxygens (including phenoxy) is 2. The van der Waals surface area contributed by atoms with Crippen molar-refractivity contribution in [1.29, 1.82) is 0 Å². The average Bonchev–Trinajstić information content (AvgIpc) is 3.55. The second-order valence-electron chi connectivity index (χ2n) is 15.4. The second kappa shape index (κ2) is 10.2. The molecule has 0 spiro atoms. The summed E-state index contributed by atoms with van der Waals surface area (Å²) in [6.07, 6.45) is 1.88. The van der Waals surface area contributed by atoms with Crippen LogP contribution in [0.15, 0.2) is 77.9 Å². The van der Waals surface area contributed by atoms with E-state index in [9.17, 15) is 0 Å². The first-order valence-corrected chi connectivity index (χ1v) is 16.8. The minimum absolute atomic E-state index is 0. The molecule has 4 heterocycles. The molecule has 9 rings (SSSR count). The maximum absolute atomic E-state index is 6.89. The van der Waals surface area contributed by atoms with Gasteiger partial charge >= 0.3 is 21.1 Å². The van der Waals surface area contributed by atoms with Crippen LogP contribution in [0.3, 0.4) is 0 Å². The summed E-state index contributed by atoms with van der Waals surface area (Å²) in [7, 11) is 0. The Morgan fingerprint density at radius 1 is 0.755 bits per heavy atom. The second-order valence-corrected chi connectivity index (χ2v) is 15.4. The molecule has 49 heavy (non-hydrogen) atoms. The van der Waals surface area contributed by atoms with Crippen LogP contribution in [0.25, 0.3) is 27.6 Å². The van der Waals surface area contributed by atoms with Crippen molar-refractivity contribution >= 4 is 27.7 Å². The van der Waals surface area contributed by atoms with E-state index in [2.05, 4.69) is 134 Å². The molecule has 0 fully saturated rings. The Labute approximate surface area is 302 Å². The number of hydrogen-bond acceptors (Lipinski definition) is 4. The molecule has 0 saturated heterocycles. The predicted octanol–water partition coefficient (Wildman–Crippen LogP) is 9.88.